The summed E-state index contributed by atoms with van der Waals surface area (Å²) in [4.78, 5) is 42.7. The van der Waals surface area contributed by atoms with E-state index in [2.05, 4.69) is 18.7 Å². The molecule has 1 amide bonds. The summed E-state index contributed by atoms with van der Waals surface area (Å²) in [7, 11) is 3.05. The lowest BCUT2D eigenvalue weighted by Gasteiger charge is -2.50. The molecule has 13 heteroatoms. The van der Waals surface area contributed by atoms with Gasteiger partial charge >= 0.3 is 0 Å². The van der Waals surface area contributed by atoms with E-state index < -0.39 is 69.6 Å². The maximum absolute atomic E-state index is 16.0. The van der Waals surface area contributed by atoms with Crippen LogP contribution in [0.15, 0.2) is 23.0 Å². The number of piperidine rings is 1. The van der Waals surface area contributed by atoms with E-state index in [-0.39, 0.29) is 71.9 Å². The zero-order chi connectivity index (χ0) is 29.5. The molecule has 10 nitrogen and oxygen atoms in total. The average Bonchev–Trinajstić information content (AvgIpc) is 2.83. The highest BCUT2D eigenvalue weighted by molar-refractivity contribution is 6.24. The Morgan fingerprint density at radius 3 is 2.40 bits per heavy atom. The van der Waals surface area contributed by atoms with Gasteiger partial charge in [0.25, 0.3) is 5.91 Å². The number of aliphatic hydroxyl groups excluding tert-OH is 2. The second-order valence-electron chi connectivity index (χ2n) is 12.7. The number of ketones is 2. The number of carbonyl (C=O) groups is 3. The fraction of sp³-hybridized carbons (Fsp3) is 0.552. The maximum Gasteiger partial charge on any atom is 0.255 e. The lowest BCUT2D eigenvalue weighted by Crippen LogP contribution is -2.65. The topological polar surface area (TPSA) is 165 Å². The number of likely N-dealkylation sites (tertiary alicyclic amines) is 1. The molecule has 4 atom stereocenters. The number of aromatic hydroxyl groups is 1. The van der Waals surface area contributed by atoms with Crippen LogP contribution in [0.2, 0.25) is 0 Å². The number of primary amides is 1. The molecule has 4 aliphatic rings. The van der Waals surface area contributed by atoms with Crippen LogP contribution in [0.3, 0.4) is 0 Å². The molecule has 1 heterocycles. The molecule has 3 aliphatic carbocycles. The van der Waals surface area contributed by atoms with Crippen molar-refractivity contribution in [1.82, 2.24) is 9.80 Å². The number of nitrogens with zero attached hydrogens (tertiary/aromatic N) is 2. The molecule has 5 rings (SSSR count). The third kappa shape index (κ3) is 4.98. The molecule has 1 aliphatic heterocycles. The van der Waals surface area contributed by atoms with Crippen molar-refractivity contribution >= 4 is 48.0 Å². The van der Waals surface area contributed by atoms with Crippen LogP contribution in [0.25, 0.3) is 5.76 Å². The van der Waals surface area contributed by atoms with Crippen LogP contribution in [-0.4, -0.2) is 86.5 Å². The smallest absolute Gasteiger partial charge is 0.255 e. The van der Waals surface area contributed by atoms with Gasteiger partial charge in [-0.2, -0.15) is 0 Å². The Bertz CT molecular complexity index is 1410. The molecular formula is C29H38Cl2FN3O7. The van der Waals surface area contributed by atoms with E-state index in [9.17, 15) is 34.8 Å². The highest BCUT2D eigenvalue weighted by atomic mass is 35.5. The summed E-state index contributed by atoms with van der Waals surface area (Å²) in [6.45, 7) is 6.13. The van der Waals surface area contributed by atoms with Crippen LogP contribution in [0, 0.1) is 23.1 Å². The number of hydrogen-bond donors (Lipinski definition) is 5. The number of benzene rings is 1. The highest BCUT2D eigenvalue weighted by Crippen LogP contribution is 2.53. The molecule has 0 spiro atoms. The number of halogens is 3. The molecule has 1 saturated carbocycles. The lowest BCUT2D eigenvalue weighted by molar-refractivity contribution is -0.153. The number of fused-ring (bicyclic) bond motifs is 3. The van der Waals surface area contributed by atoms with Crippen LogP contribution in [0.1, 0.15) is 49.8 Å². The van der Waals surface area contributed by atoms with E-state index >= 15 is 4.39 Å². The van der Waals surface area contributed by atoms with Gasteiger partial charge in [-0.25, -0.2) is 4.39 Å². The monoisotopic (exact) mass is 629 g/mol. The predicted molar refractivity (Wildman–Crippen MR) is 157 cm³/mol. The van der Waals surface area contributed by atoms with E-state index in [1.165, 1.54) is 25.1 Å². The molecule has 0 bridgehead atoms. The summed E-state index contributed by atoms with van der Waals surface area (Å²) in [5, 5.41) is 44.7. The average molecular weight is 631 g/mol. The minimum atomic E-state index is -2.72. The van der Waals surface area contributed by atoms with Gasteiger partial charge in [0.1, 0.15) is 28.7 Å². The number of amides is 1. The second kappa shape index (κ2) is 11.4. The Morgan fingerprint density at radius 2 is 1.83 bits per heavy atom. The van der Waals surface area contributed by atoms with Crippen LogP contribution in [0.4, 0.5) is 4.39 Å². The molecule has 1 aromatic rings. The molecule has 232 valence electrons. The molecule has 6 N–H and O–H groups in total. The van der Waals surface area contributed by atoms with E-state index in [0.717, 1.165) is 25.9 Å². The van der Waals surface area contributed by atoms with Crippen molar-refractivity contribution in [3.05, 3.63) is 45.5 Å². The number of phenols is 1. The van der Waals surface area contributed by atoms with Gasteiger partial charge in [-0.3, -0.25) is 24.2 Å². The molecular weight excluding hydrogens is 592 g/mol. The number of carbonyl (C=O) groups excluding carboxylic acids is 3. The predicted octanol–water partition coefficient (Wildman–Crippen LogP) is 2.57. The van der Waals surface area contributed by atoms with Gasteiger partial charge in [-0.15, -0.1) is 24.8 Å². The van der Waals surface area contributed by atoms with Crippen LogP contribution in [-0.2, 0) is 27.3 Å². The van der Waals surface area contributed by atoms with Crippen molar-refractivity contribution in [2.75, 3.05) is 27.2 Å². The van der Waals surface area contributed by atoms with Gasteiger partial charge in [-0.05, 0) is 63.7 Å². The molecule has 1 saturated heterocycles. The quantitative estimate of drug-likeness (QED) is 0.315. The number of likely N-dealkylation sites (N-methyl/N-ethyl adjacent to an activating group) is 1. The zero-order valence-corrected chi connectivity index (χ0v) is 25.6. The van der Waals surface area contributed by atoms with Gasteiger partial charge in [0, 0.05) is 35.7 Å². The summed E-state index contributed by atoms with van der Waals surface area (Å²) < 4.78 is 16.0. The fourth-order valence-electron chi connectivity index (χ4n) is 7.38. The first kappa shape index (κ1) is 33.8. The molecule has 42 heavy (non-hydrogen) atoms. The molecule has 0 radical (unpaired) electrons. The van der Waals surface area contributed by atoms with Crippen molar-refractivity contribution in [1.29, 1.82) is 0 Å². The Morgan fingerprint density at radius 1 is 1.19 bits per heavy atom. The van der Waals surface area contributed by atoms with Gasteiger partial charge in [-0.1, -0.05) is 13.8 Å². The normalized spacial score (nSPS) is 28.9. The maximum atomic E-state index is 16.0. The van der Waals surface area contributed by atoms with Crippen molar-refractivity contribution < 1.29 is 39.2 Å². The Kier molecular flexibility index (Phi) is 9.19. The number of aliphatic hydroxyl groups is 3. The SMILES string of the molecule is CN(C)[C@@H]1C(=O)C(C(N)=O)=C(O)[C@@]2(O)C(=O)C3=C(O)c4c(O)cc(CN5CCCC(C)(C)C5)c(F)c4C[C@H]3C[C@@H]12.Cl.Cl. The molecule has 1 aromatic carbocycles. The minimum absolute atomic E-state index is 0. The van der Waals surface area contributed by atoms with Crippen molar-refractivity contribution in [2.24, 2.45) is 23.0 Å². The van der Waals surface area contributed by atoms with Crippen LogP contribution in [0.5, 0.6) is 5.75 Å². The van der Waals surface area contributed by atoms with Crippen molar-refractivity contribution in [3.63, 3.8) is 0 Å². The number of hydrogen-bond acceptors (Lipinski definition) is 9. The second-order valence-corrected chi connectivity index (χ2v) is 12.7. The molecule has 0 aromatic heterocycles. The molecule has 0 unspecified atom stereocenters. The summed E-state index contributed by atoms with van der Waals surface area (Å²) in [6.07, 6.45) is 1.87. The lowest BCUT2D eigenvalue weighted by atomic mass is 9.57. The fourth-order valence-corrected chi connectivity index (χ4v) is 7.38. The summed E-state index contributed by atoms with van der Waals surface area (Å²) >= 11 is 0. The van der Waals surface area contributed by atoms with E-state index in [0.29, 0.717) is 0 Å². The number of nitrogens with two attached hydrogens (primary N) is 1. The van der Waals surface area contributed by atoms with Gasteiger partial charge in [0.2, 0.25) is 5.78 Å². The van der Waals surface area contributed by atoms with E-state index in [1.54, 1.807) is 0 Å². The number of rotatable bonds is 4. The largest absolute Gasteiger partial charge is 0.508 e. The van der Waals surface area contributed by atoms with Crippen molar-refractivity contribution in [3.8, 4) is 5.75 Å². The van der Waals surface area contributed by atoms with Crippen LogP contribution >= 0.6 is 24.8 Å². The number of phenolic OH excluding ortho intramolecular Hbond substituents is 1. The van der Waals surface area contributed by atoms with Crippen molar-refractivity contribution in [2.45, 2.75) is 57.7 Å². The van der Waals surface area contributed by atoms with Crippen LogP contribution < -0.4 is 5.73 Å². The first-order valence-electron chi connectivity index (χ1n) is 13.5. The highest BCUT2D eigenvalue weighted by Gasteiger charge is 2.64. The minimum Gasteiger partial charge on any atom is -0.508 e. The Hall–Kier alpha value is -2.70. The molecule has 2 fully saturated rings. The number of Topliss-reactive ketones (excluding diaryl/α,β-unsaturated/α-hetero) is 2. The third-order valence-electron chi connectivity index (χ3n) is 9.10. The first-order valence-corrected chi connectivity index (χ1v) is 13.5. The van der Waals surface area contributed by atoms with Gasteiger partial charge in [0.15, 0.2) is 11.4 Å². The summed E-state index contributed by atoms with van der Waals surface area (Å²) in [6, 6.07) is 0.0613. The Labute approximate surface area is 255 Å². The Balaban J connectivity index is 0.00000242. The van der Waals surface area contributed by atoms with E-state index in [4.69, 9.17) is 5.73 Å². The van der Waals surface area contributed by atoms with Gasteiger partial charge in [0.05, 0.1) is 11.6 Å². The van der Waals surface area contributed by atoms with E-state index in [1.807, 2.05) is 0 Å². The zero-order valence-electron chi connectivity index (χ0n) is 23.9. The standard InChI is InChI=1S/C29H36FN3O7.2ClH/c1-28(2)6-5-7-33(12-28)11-14-10-17(34)19-15(21(14)30)8-13-9-16-22(32(3)4)24(36)20(27(31)39)26(38)29(16,40)25(37)18(13)23(19)35;;/h10,13,16,22,34-35,38,40H,5-9,11-12H2,1-4H3,(H2,31,39);2*1H/t13-,16-,22-,29-;;/m0../s1. The van der Waals surface area contributed by atoms with Gasteiger partial charge < -0.3 is 26.2 Å². The third-order valence-corrected chi connectivity index (χ3v) is 9.10. The summed E-state index contributed by atoms with van der Waals surface area (Å²) in [5.41, 5.74) is 1.60. The first-order chi connectivity index (χ1) is 18.6. The summed E-state index contributed by atoms with van der Waals surface area (Å²) in [5.74, 6) is -8.12.